The maximum absolute atomic E-state index is 5.59. The predicted octanol–water partition coefficient (Wildman–Crippen LogP) is 10.1. The van der Waals surface area contributed by atoms with Gasteiger partial charge >= 0.3 is 0 Å². The summed E-state index contributed by atoms with van der Waals surface area (Å²) in [5, 5.41) is 18.5. The molecule has 7 heterocycles. The largest absolute Gasteiger partial charge is 0.378 e. The van der Waals surface area contributed by atoms with E-state index < -0.39 is 0 Å². The van der Waals surface area contributed by atoms with E-state index in [2.05, 4.69) is 181 Å². The van der Waals surface area contributed by atoms with Crippen LogP contribution in [0.15, 0.2) is 0 Å². The monoisotopic (exact) mass is 1120 g/mol. The van der Waals surface area contributed by atoms with Gasteiger partial charge in [-0.15, -0.1) is 0 Å². The zero-order valence-corrected chi connectivity index (χ0v) is 55.1. The van der Waals surface area contributed by atoms with Crippen LogP contribution >= 0.6 is 0 Å². The van der Waals surface area contributed by atoms with Gasteiger partial charge in [0, 0.05) is 102 Å². The summed E-state index contributed by atoms with van der Waals surface area (Å²) in [5.74, 6) is 4.67. The first kappa shape index (κ1) is 66.1. The van der Waals surface area contributed by atoms with Crippen molar-refractivity contribution in [1.29, 1.82) is 0 Å². The van der Waals surface area contributed by atoms with Gasteiger partial charge in [-0.3, -0.25) is 0 Å². The highest BCUT2D eigenvalue weighted by Gasteiger charge is 2.44. The summed E-state index contributed by atoms with van der Waals surface area (Å²) in [6.45, 7) is 48.8. The zero-order chi connectivity index (χ0) is 59.1. The Morgan fingerprint density at radius 1 is 0.425 bits per heavy atom. The number of nitrogens with one attached hydrogen (secondary N) is 5. The molecule has 0 radical (unpaired) electrons. The van der Waals surface area contributed by atoms with Crippen molar-refractivity contribution >= 4 is 23.8 Å². The minimum absolute atomic E-state index is 0.0577. The maximum Gasteiger partial charge on any atom is 0.230 e. The van der Waals surface area contributed by atoms with Crippen LogP contribution in [0.4, 0.5) is 23.8 Å². The topological polar surface area (TPSA) is 163 Å². The fourth-order valence-electron chi connectivity index (χ4n) is 15.6. The van der Waals surface area contributed by atoms with Crippen LogP contribution in [-0.4, -0.2) is 182 Å². The average Bonchev–Trinajstić information content (AvgIpc) is 3.31. The molecule has 5 fully saturated rings. The summed E-state index contributed by atoms with van der Waals surface area (Å²) in [5.41, 5.74) is 1.03. The molecule has 0 bridgehead atoms. The van der Waals surface area contributed by atoms with Crippen molar-refractivity contribution in [3.63, 3.8) is 0 Å². The molecule has 80 heavy (non-hydrogen) atoms. The second-order valence-electron chi connectivity index (χ2n) is 30.8. The molecule has 5 aliphatic rings. The molecule has 458 valence electrons. The third-order valence-corrected chi connectivity index (χ3v) is 17.6. The van der Waals surface area contributed by atoms with E-state index in [-0.39, 0.29) is 44.3 Å². The molecule has 17 nitrogen and oxygen atoms in total. The highest BCUT2D eigenvalue weighted by molar-refractivity contribution is 5.41. The lowest BCUT2D eigenvalue weighted by Gasteiger charge is -2.49. The molecule has 7 rings (SSSR count). The molecule has 5 N–H and O–H groups in total. The van der Waals surface area contributed by atoms with Gasteiger partial charge in [0.1, 0.15) is 11.6 Å². The number of anilines is 4. The van der Waals surface area contributed by atoms with Crippen molar-refractivity contribution < 1.29 is 4.74 Å². The standard InChI is InChI=1S/C33H62N8O.C30H58N8/c1-25-34-28(40-17-19-42-20-18-40)36-29(35-25)41(27-23-32(6,7)38-33(8,9)24-27)16-14-12-11-13-15-39(10)26-21-30(2,3)37-31(4,5)22-26;1-22-32-25(31-10)34-26(33-22)38(24-20-29(6,7)36-30(8,9)21-24)17-15-13-12-14-16-37(11)23-18-27(2,3)35-28(4,5)19-23/h26-27,37-38H,11-24H2,1-10H3;23-24,35-36H,12-21H2,1-11H3,(H,31,32,33,34). The normalized spacial score (nSPS) is 23.6. The van der Waals surface area contributed by atoms with Crippen LogP contribution in [0.1, 0.15) is 225 Å². The molecule has 17 heteroatoms. The van der Waals surface area contributed by atoms with E-state index >= 15 is 0 Å². The summed E-state index contributed by atoms with van der Waals surface area (Å²) >= 11 is 0. The molecule has 5 aliphatic heterocycles. The number of piperidine rings is 4. The second-order valence-corrected chi connectivity index (χ2v) is 30.8. The number of aryl methyl sites for hydroxylation is 2. The molecular formula is C63H120N16O. The van der Waals surface area contributed by atoms with Crippen LogP contribution in [0, 0.1) is 13.8 Å². The molecule has 0 spiro atoms. The Bertz CT molecular complexity index is 2170. The van der Waals surface area contributed by atoms with Gasteiger partial charge in [0.05, 0.1) is 13.2 Å². The Balaban J connectivity index is 0.000000259. The van der Waals surface area contributed by atoms with Crippen LogP contribution < -0.4 is 41.3 Å². The highest BCUT2D eigenvalue weighted by Crippen LogP contribution is 2.37. The third-order valence-electron chi connectivity index (χ3n) is 17.6. The van der Waals surface area contributed by atoms with Crippen molar-refractivity contribution in [2.24, 2.45) is 0 Å². The van der Waals surface area contributed by atoms with Crippen molar-refractivity contribution in [2.45, 2.75) is 296 Å². The number of hydrogen-bond acceptors (Lipinski definition) is 17. The quantitative estimate of drug-likeness (QED) is 0.0708. The number of aromatic nitrogens is 6. The average molecular weight is 1120 g/mol. The third kappa shape index (κ3) is 20.6. The van der Waals surface area contributed by atoms with Gasteiger partial charge in [0.2, 0.25) is 23.8 Å². The lowest BCUT2D eigenvalue weighted by molar-refractivity contribution is 0.0802. The van der Waals surface area contributed by atoms with Gasteiger partial charge in [-0.05, 0) is 229 Å². The van der Waals surface area contributed by atoms with Crippen LogP contribution in [0.2, 0.25) is 0 Å². The molecular weight excluding hydrogens is 997 g/mol. The zero-order valence-electron chi connectivity index (χ0n) is 55.1. The molecule has 0 aromatic carbocycles. The van der Waals surface area contributed by atoms with Gasteiger partial charge in [-0.1, -0.05) is 25.7 Å². The highest BCUT2D eigenvalue weighted by atomic mass is 16.5. The Labute approximate surface area is 488 Å². The van der Waals surface area contributed by atoms with E-state index in [1.165, 1.54) is 77.3 Å². The summed E-state index contributed by atoms with van der Waals surface area (Å²) in [4.78, 5) is 41.3. The fourth-order valence-corrected chi connectivity index (χ4v) is 15.6. The first-order valence-electron chi connectivity index (χ1n) is 31.6. The van der Waals surface area contributed by atoms with E-state index in [0.717, 1.165) is 107 Å². The van der Waals surface area contributed by atoms with Crippen LogP contribution in [0.25, 0.3) is 0 Å². The summed E-state index contributed by atoms with van der Waals surface area (Å²) < 4.78 is 5.59. The summed E-state index contributed by atoms with van der Waals surface area (Å²) in [7, 11) is 6.54. The van der Waals surface area contributed by atoms with E-state index in [0.29, 0.717) is 30.1 Å². The first-order valence-corrected chi connectivity index (χ1v) is 31.6. The maximum atomic E-state index is 5.59. The fraction of sp³-hybridized carbons (Fsp3) is 0.905. The van der Waals surface area contributed by atoms with Gasteiger partial charge in [-0.25, -0.2) is 0 Å². The van der Waals surface area contributed by atoms with Crippen molar-refractivity contribution in [3.8, 4) is 0 Å². The molecule has 0 amide bonds. The number of unbranched alkanes of at least 4 members (excludes halogenated alkanes) is 6. The second kappa shape index (κ2) is 26.9. The molecule has 0 atom stereocenters. The molecule has 0 unspecified atom stereocenters. The van der Waals surface area contributed by atoms with Crippen LogP contribution in [0.3, 0.4) is 0 Å². The van der Waals surface area contributed by atoms with E-state index in [1.807, 2.05) is 20.9 Å². The van der Waals surface area contributed by atoms with E-state index in [4.69, 9.17) is 29.7 Å². The SMILES string of the molecule is CNc1nc(C)nc(N(CCCCCCN(C)C2CC(C)(C)NC(C)(C)C2)C2CC(C)(C)NC(C)(C)C2)n1.Cc1nc(N2CCOCC2)nc(N(CCCCCCN(C)C2CC(C)(C)NC(C)(C)C2)C2CC(C)(C)NC(C)(C)C2)n1. The van der Waals surface area contributed by atoms with Gasteiger partial charge in [0.15, 0.2) is 0 Å². The van der Waals surface area contributed by atoms with Gasteiger partial charge < -0.3 is 55.8 Å². The Morgan fingerprint density at radius 2 is 0.738 bits per heavy atom. The van der Waals surface area contributed by atoms with E-state index in [1.54, 1.807) is 0 Å². The molecule has 5 saturated heterocycles. The smallest absolute Gasteiger partial charge is 0.230 e. The number of ether oxygens (including phenoxy) is 1. The first-order chi connectivity index (χ1) is 37.0. The molecule has 0 saturated carbocycles. The molecule has 2 aromatic rings. The minimum atomic E-state index is 0.0577. The molecule has 2 aromatic heterocycles. The number of nitrogens with zero attached hydrogens (tertiary/aromatic N) is 11. The van der Waals surface area contributed by atoms with Crippen molar-refractivity contribution in [1.82, 2.24) is 61.0 Å². The van der Waals surface area contributed by atoms with Crippen LogP contribution in [0.5, 0.6) is 0 Å². The van der Waals surface area contributed by atoms with E-state index in [9.17, 15) is 0 Å². The number of hydrogen-bond donors (Lipinski definition) is 5. The number of morpholine rings is 1. The Morgan fingerprint density at radius 3 is 1.09 bits per heavy atom. The predicted molar refractivity (Wildman–Crippen MR) is 336 cm³/mol. The van der Waals surface area contributed by atoms with Crippen LogP contribution in [-0.2, 0) is 4.74 Å². The minimum Gasteiger partial charge on any atom is -0.378 e. The molecule has 0 aliphatic carbocycles. The Kier molecular flexibility index (Phi) is 22.2. The lowest BCUT2D eigenvalue weighted by Crippen LogP contribution is -2.62. The van der Waals surface area contributed by atoms with Crippen molar-refractivity contribution in [2.75, 3.05) is 93.6 Å². The summed E-state index contributed by atoms with van der Waals surface area (Å²) in [6, 6.07) is 2.07. The summed E-state index contributed by atoms with van der Waals surface area (Å²) in [6.07, 6.45) is 18.9. The lowest BCUT2D eigenvalue weighted by atomic mass is 9.79. The van der Waals surface area contributed by atoms with Gasteiger partial charge in [0.25, 0.3) is 0 Å². The Hall–Kier alpha value is -3.06. The number of rotatable bonds is 22. The van der Waals surface area contributed by atoms with Crippen molar-refractivity contribution in [3.05, 3.63) is 11.6 Å². The van der Waals surface area contributed by atoms with Gasteiger partial charge in [-0.2, -0.15) is 29.9 Å².